The van der Waals surface area contributed by atoms with Crippen molar-refractivity contribution in [2.75, 3.05) is 0 Å². The zero-order valence-electron chi connectivity index (χ0n) is 6.70. The molecule has 0 bridgehead atoms. The van der Waals surface area contributed by atoms with Gasteiger partial charge in [0.1, 0.15) is 6.23 Å². The SMILES string of the molecule is CC1=CN(C2CC2)C(O)C=C1. The maximum absolute atomic E-state index is 9.49. The third-order valence-corrected chi connectivity index (χ3v) is 2.16. The van der Waals surface area contributed by atoms with Gasteiger partial charge in [-0.1, -0.05) is 6.08 Å². The zero-order chi connectivity index (χ0) is 7.84. The highest BCUT2D eigenvalue weighted by molar-refractivity contribution is 5.22. The van der Waals surface area contributed by atoms with Crippen LogP contribution in [0.25, 0.3) is 0 Å². The van der Waals surface area contributed by atoms with E-state index < -0.39 is 0 Å². The van der Waals surface area contributed by atoms with Crippen LogP contribution in [0.15, 0.2) is 23.9 Å². The molecule has 1 unspecified atom stereocenters. The van der Waals surface area contributed by atoms with E-state index in [1.165, 1.54) is 18.4 Å². The quantitative estimate of drug-likeness (QED) is 0.609. The van der Waals surface area contributed by atoms with Crippen molar-refractivity contribution >= 4 is 0 Å². The molecule has 1 aliphatic heterocycles. The Hall–Kier alpha value is -0.760. The van der Waals surface area contributed by atoms with E-state index in [0.29, 0.717) is 6.04 Å². The third-order valence-electron chi connectivity index (χ3n) is 2.16. The minimum Gasteiger partial charge on any atom is -0.370 e. The molecule has 1 aliphatic carbocycles. The normalized spacial score (nSPS) is 30.5. The van der Waals surface area contributed by atoms with Gasteiger partial charge < -0.3 is 10.0 Å². The lowest BCUT2D eigenvalue weighted by atomic mass is 10.2. The summed E-state index contributed by atoms with van der Waals surface area (Å²) in [6.07, 6.45) is 7.93. The van der Waals surface area contributed by atoms with E-state index in [1.54, 1.807) is 0 Å². The van der Waals surface area contributed by atoms with Crippen LogP contribution in [0.5, 0.6) is 0 Å². The Balaban J connectivity index is 2.12. The van der Waals surface area contributed by atoms with E-state index in [0.717, 1.165) is 0 Å². The smallest absolute Gasteiger partial charge is 0.146 e. The Morgan fingerprint density at radius 1 is 1.55 bits per heavy atom. The van der Waals surface area contributed by atoms with Crippen molar-refractivity contribution in [3.8, 4) is 0 Å². The molecule has 1 N–H and O–H groups in total. The third kappa shape index (κ3) is 1.31. The second-order valence-corrected chi connectivity index (χ2v) is 3.32. The van der Waals surface area contributed by atoms with Gasteiger partial charge in [-0.3, -0.25) is 0 Å². The van der Waals surface area contributed by atoms with Gasteiger partial charge >= 0.3 is 0 Å². The molecule has 2 nitrogen and oxygen atoms in total. The minimum atomic E-state index is -0.383. The molecule has 2 heteroatoms. The molecule has 11 heavy (non-hydrogen) atoms. The second kappa shape index (κ2) is 2.38. The van der Waals surface area contributed by atoms with E-state index in [9.17, 15) is 5.11 Å². The lowest BCUT2D eigenvalue weighted by Gasteiger charge is -2.27. The Bertz CT molecular complexity index is 216. The molecule has 2 rings (SSSR count). The van der Waals surface area contributed by atoms with Gasteiger partial charge in [-0.2, -0.15) is 0 Å². The first-order chi connectivity index (χ1) is 5.27. The van der Waals surface area contributed by atoms with Gasteiger partial charge in [0.05, 0.1) is 0 Å². The number of allylic oxidation sites excluding steroid dienone is 2. The topological polar surface area (TPSA) is 23.5 Å². The van der Waals surface area contributed by atoms with Gasteiger partial charge in [0.15, 0.2) is 0 Å². The molecule has 0 aromatic carbocycles. The molecule has 0 aromatic heterocycles. The predicted molar refractivity (Wildman–Crippen MR) is 43.8 cm³/mol. The molecule has 0 aromatic rings. The van der Waals surface area contributed by atoms with Crippen molar-refractivity contribution in [2.45, 2.75) is 32.0 Å². The number of aliphatic hydroxyl groups is 1. The second-order valence-electron chi connectivity index (χ2n) is 3.32. The van der Waals surface area contributed by atoms with Crippen molar-refractivity contribution in [2.24, 2.45) is 0 Å². The number of nitrogens with zero attached hydrogens (tertiary/aromatic N) is 1. The van der Waals surface area contributed by atoms with Gasteiger partial charge in [0.2, 0.25) is 0 Å². The van der Waals surface area contributed by atoms with E-state index in [4.69, 9.17) is 0 Å². The van der Waals surface area contributed by atoms with Crippen molar-refractivity contribution in [1.82, 2.24) is 4.90 Å². The van der Waals surface area contributed by atoms with Gasteiger partial charge in [-0.25, -0.2) is 0 Å². The highest BCUT2D eigenvalue weighted by atomic mass is 16.3. The fourth-order valence-electron chi connectivity index (χ4n) is 1.39. The summed E-state index contributed by atoms with van der Waals surface area (Å²) in [5, 5.41) is 9.49. The molecule has 1 fully saturated rings. The Labute approximate surface area is 66.8 Å². The van der Waals surface area contributed by atoms with Crippen LogP contribution in [0, 0.1) is 0 Å². The summed E-state index contributed by atoms with van der Waals surface area (Å²) in [7, 11) is 0. The molecule has 0 saturated heterocycles. The van der Waals surface area contributed by atoms with Crippen LogP contribution < -0.4 is 0 Å². The van der Waals surface area contributed by atoms with Gasteiger partial charge in [-0.15, -0.1) is 0 Å². The zero-order valence-corrected chi connectivity index (χ0v) is 6.70. The van der Waals surface area contributed by atoms with Crippen molar-refractivity contribution < 1.29 is 5.11 Å². The van der Waals surface area contributed by atoms with E-state index in [2.05, 4.69) is 6.92 Å². The van der Waals surface area contributed by atoms with Crippen molar-refractivity contribution in [1.29, 1.82) is 0 Å². The number of hydrogen-bond donors (Lipinski definition) is 1. The standard InChI is InChI=1S/C9H13NO/c1-7-2-5-9(11)10(6-7)8-3-4-8/h2,5-6,8-9,11H,3-4H2,1H3. The van der Waals surface area contributed by atoms with Crippen LogP contribution in [-0.2, 0) is 0 Å². The first kappa shape index (κ1) is 6.92. The van der Waals surface area contributed by atoms with Crippen LogP contribution in [0.2, 0.25) is 0 Å². The monoisotopic (exact) mass is 151 g/mol. The Morgan fingerprint density at radius 2 is 2.27 bits per heavy atom. The van der Waals surface area contributed by atoms with Gasteiger partial charge in [-0.05, 0) is 31.4 Å². The fraction of sp³-hybridized carbons (Fsp3) is 0.556. The lowest BCUT2D eigenvalue weighted by Crippen LogP contribution is -2.32. The van der Waals surface area contributed by atoms with Crippen molar-refractivity contribution in [3.05, 3.63) is 23.9 Å². The molecule has 60 valence electrons. The fourth-order valence-corrected chi connectivity index (χ4v) is 1.39. The average molecular weight is 151 g/mol. The molecule has 0 amide bonds. The maximum atomic E-state index is 9.49. The molecule has 1 saturated carbocycles. The summed E-state index contributed by atoms with van der Waals surface area (Å²) in [6.45, 7) is 2.05. The van der Waals surface area contributed by atoms with Gasteiger partial charge in [0.25, 0.3) is 0 Å². The van der Waals surface area contributed by atoms with Gasteiger partial charge in [0, 0.05) is 12.2 Å². The largest absolute Gasteiger partial charge is 0.370 e. The van der Waals surface area contributed by atoms with E-state index in [-0.39, 0.29) is 6.23 Å². The first-order valence-corrected chi connectivity index (χ1v) is 4.09. The van der Waals surface area contributed by atoms with Crippen LogP contribution in [-0.4, -0.2) is 22.3 Å². The molecule has 1 heterocycles. The number of aliphatic hydroxyl groups excluding tert-OH is 1. The highest BCUT2D eigenvalue weighted by Gasteiger charge is 2.31. The van der Waals surface area contributed by atoms with Crippen molar-refractivity contribution in [3.63, 3.8) is 0 Å². The summed E-state index contributed by atoms with van der Waals surface area (Å²) < 4.78 is 0. The van der Waals surface area contributed by atoms with Crippen LogP contribution in [0.3, 0.4) is 0 Å². The van der Waals surface area contributed by atoms with Crippen LogP contribution >= 0.6 is 0 Å². The summed E-state index contributed by atoms with van der Waals surface area (Å²) in [6, 6.07) is 0.602. The molecule has 0 spiro atoms. The summed E-state index contributed by atoms with van der Waals surface area (Å²) in [5.41, 5.74) is 1.22. The van der Waals surface area contributed by atoms with E-state index in [1.807, 2.05) is 23.3 Å². The van der Waals surface area contributed by atoms with Crippen LogP contribution in [0.4, 0.5) is 0 Å². The lowest BCUT2D eigenvalue weighted by molar-refractivity contribution is 0.0711. The van der Waals surface area contributed by atoms with E-state index >= 15 is 0 Å². The highest BCUT2D eigenvalue weighted by Crippen LogP contribution is 2.30. The minimum absolute atomic E-state index is 0.383. The number of rotatable bonds is 1. The summed E-state index contributed by atoms with van der Waals surface area (Å²) in [4.78, 5) is 2.04. The molecule has 2 aliphatic rings. The molecular weight excluding hydrogens is 138 g/mol. The number of hydrogen-bond acceptors (Lipinski definition) is 2. The molecular formula is C9H13NO. The average Bonchev–Trinajstić information content (AvgIpc) is 2.76. The Kier molecular flexibility index (Phi) is 1.50. The summed E-state index contributed by atoms with van der Waals surface area (Å²) in [5.74, 6) is 0. The maximum Gasteiger partial charge on any atom is 0.146 e. The Morgan fingerprint density at radius 3 is 2.91 bits per heavy atom. The van der Waals surface area contributed by atoms with Crippen LogP contribution in [0.1, 0.15) is 19.8 Å². The predicted octanol–water partition coefficient (Wildman–Crippen LogP) is 1.24. The first-order valence-electron chi connectivity index (χ1n) is 4.09. The molecule has 1 atom stereocenters. The molecule has 0 radical (unpaired) electrons. The summed E-state index contributed by atoms with van der Waals surface area (Å²) >= 11 is 0.